The number of nitrogens with zero attached hydrogens (tertiary/aromatic N) is 4. The molecule has 8 heteroatoms. The Bertz CT molecular complexity index is 1110. The van der Waals surface area contributed by atoms with Gasteiger partial charge >= 0.3 is 11.1 Å². The Morgan fingerprint density at radius 2 is 2.11 bits per heavy atom. The number of H-pyrrole nitrogens is 1. The maximum absolute atomic E-state index is 12.8. The van der Waals surface area contributed by atoms with Gasteiger partial charge in [-0.3, -0.25) is 23.6 Å². The molecule has 3 aromatic rings. The molecule has 1 atom stereocenters. The molecule has 2 aromatic heterocycles. The first-order valence-electron chi connectivity index (χ1n) is 8.98. The number of hydrogen-bond donors (Lipinski definition) is 1. The van der Waals surface area contributed by atoms with Crippen LogP contribution < -0.4 is 11.1 Å². The fourth-order valence-electron chi connectivity index (χ4n) is 3.75. The molecule has 0 saturated carbocycles. The van der Waals surface area contributed by atoms with Crippen molar-refractivity contribution in [1.82, 2.24) is 24.2 Å². The summed E-state index contributed by atoms with van der Waals surface area (Å²) in [6.45, 7) is 1.20. The number of aryl methyl sites for hydroxylation is 1. The summed E-state index contributed by atoms with van der Waals surface area (Å²) in [7, 11) is 1.89. The van der Waals surface area contributed by atoms with Gasteiger partial charge in [-0.2, -0.15) is 5.10 Å². The SMILES string of the molecule is Cn1cc(CC2CCN(C(=O)Cn3c(=O)c(=O)[nH]c4ccccc43)C2)cn1. The van der Waals surface area contributed by atoms with Gasteiger partial charge < -0.3 is 9.88 Å². The molecule has 1 saturated heterocycles. The van der Waals surface area contributed by atoms with Crippen molar-refractivity contribution in [3.63, 3.8) is 0 Å². The van der Waals surface area contributed by atoms with Crippen LogP contribution in [0.1, 0.15) is 12.0 Å². The Balaban J connectivity index is 1.50. The zero-order valence-electron chi connectivity index (χ0n) is 15.1. The lowest BCUT2D eigenvalue weighted by Gasteiger charge is -2.18. The van der Waals surface area contributed by atoms with Gasteiger partial charge in [-0.1, -0.05) is 12.1 Å². The van der Waals surface area contributed by atoms with Gasteiger partial charge in [0.2, 0.25) is 5.91 Å². The summed E-state index contributed by atoms with van der Waals surface area (Å²) in [5.41, 5.74) is 0.853. The number of rotatable bonds is 4. The van der Waals surface area contributed by atoms with E-state index in [4.69, 9.17) is 0 Å². The number of amides is 1. The number of likely N-dealkylation sites (tertiary alicyclic amines) is 1. The van der Waals surface area contributed by atoms with Crippen molar-refractivity contribution in [2.24, 2.45) is 13.0 Å². The molecule has 1 amide bonds. The summed E-state index contributed by atoms with van der Waals surface area (Å²) >= 11 is 0. The molecule has 0 bridgehead atoms. The predicted octanol–water partition coefficient (Wildman–Crippen LogP) is 0.515. The third-order valence-corrected chi connectivity index (χ3v) is 5.10. The zero-order valence-corrected chi connectivity index (χ0v) is 15.1. The molecule has 1 aliphatic heterocycles. The number of hydrogen-bond acceptors (Lipinski definition) is 4. The van der Waals surface area contributed by atoms with Gasteiger partial charge in [-0.25, -0.2) is 0 Å². The molecule has 0 spiro atoms. The minimum atomic E-state index is -0.711. The minimum absolute atomic E-state index is 0.122. The highest BCUT2D eigenvalue weighted by Gasteiger charge is 2.27. The Hall–Kier alpha value is -3.16. The lowest BCUT2D eigenvalue weighted by Crippen LogP contribution is -2.41. The van der Waals surface area contributed by atoms with Crippen LogP contribution in [0.5, 0.6) is 0 Å². The number of fused-ring (bicyclic) bond motifs is 1. The van der Waals surface area contributed by atoms with E-state index in [0.29, 0.717) is 30.0 Å². The second kappa shape index (κ2) is 6.86. The van der Waals surface area contributed by atoms with Gasteiger partial charge in [-0.05, 0) is 36.5 Å². The Morgan fingerprint density at radius 3 is 2.89 bits per heavy atom. The first-order chi connectivity index (χ1) is 13.0. The van der Waals surface area contributed by atoms with Crippen molar-refractivity contribution in [1.29, 1.82) is 0 Å². The second-order valence-corrected chi connectivity index (χ2v) is 7.08. The molecular formula is C19H21N5O3. The summed E-state index contributed by atoms with van der Waals surface area (Å²) in [5, 5.41) is 4.18. The molecule has 0 aliphatic carbocycles. The van der Waals surface area contributed by atoms with Crippen LogP contribution in [0.3, 0.4) is 0 Å². The van der Waals surface area contributed by atoms with Crippen molar-refractivity contribution >= 4 is 16.9 Å². The Morgan fingerprint density at radius 1 is 1.30 bits per heavy atom. The first kappa shape index (κ1) is 17.3. The number of aromatic nitrogens is 4. The van der Waals surface area contributed by atoms with E-state index in [1.807, 2.05) is 19.4 Å². The van der Waals surface area contributed by atoms with Crippen molar-refractivity contribution in [3.8, 4) is 0 Å². The molecule has 1 N–H and O–H groups in total. The van der Waals surface area contributed by atoms with Gasteiger partial charge in [-0.15, -0.1) is 0 Å². The second-order valence-electron chi connectivity index (χ2n) is 7.08. The summed E-state index contributed by atoms with van der Waals surface area (Å²) in [5.74, 6) is 0.243. The van der Waals surface area contributed by atoms with E-state index in [0.717, 1.165) is 18.4 Å². The van der Waals surface area contributed by atoms with E-state index >= 15 is 0 Å². The average Bonchev–Trinajstić information content (AvgIpc) is 3.28. The molecule has 1 aliphatic rings. The zero-order chi connectivity index (χ0) is 19.0. The van der Waals surface area contributed by atoms with Crippen molar-refractivity contribution in [2.75, 3.05) is 13.1 Å². The quantitative estimate of drug-likeness (QED) is 0.680. The molecule has 1 fully saturated rings. The van der Waals surface area contributed by atoms with Crippen LogP contribution in [0.15, 0.2) is 46.2 Å². The summed E-state index contributed by atoms with van der Waals surface area (Å²) in [6.07, 6.45) is 5.65. The first-order valence-corrected chi connectivity index (χ1v) is 8.98. The third kappa shape index (κ3) is 3.42. The maximum Gasteiger partial charge on any atom is 0.317 e. The fraction of sp³-hybridized carbons (Fsp3) is 0.368. The van der Waals surface area contributed by atoms with Crippen LogP contribution in [0.4, 0.5) is 0 Å². The largest absolute Gasteiger partial charge is 0.341 e. The van der Waals surface area contributed by atoms with Gasteiger partial charge in [0.1, 0.15) is 6.54 Å². The van der Waals surface area contributed by atoms with Crippen LogP contribution >= 0.6 is 0 Å². The normalized spacial score (nSPS) is 16.9. The number of carbonyl (C=O) groups excluding carboxylic acids is 1. The molecule has 4 rings (SSSR count). The van der Waals surface area contributed by atoms with Crippen LogP contribution in [0, 0.1) is 5.92 Å². The summed E-state index contributed by atoms with van der Waals surface area (Å²) in [6, 6.07) is 7.01. The molecule has 1 unspecified atom stereocenters. The van der Waals surface area contributed by atoms with Crippen molar-refractivity contribution < 1.29 is 4.79 Å². The van der Waals surface area contributed by atoms with Gasteiger partial charge in [0, 0.05) is 26.3 Å². The van der Waals surface area contributed by atoms with Crippen LogP contribution in [0.25, 0.3) is 11.0 Å². The summed E-state index contributed by atoms with van der Waals surface area (Å²) in [4.78, 5) is 41.3. The molecular weight excluding hydrogens is 346 g/mol. The highest BCUT2D eigenvalue weighted by Crippen LogP contribution is 2.21. The molecule has 8 nitrogen and oxygen atoms in total. The summed E-state index contributed by atoms with van der Waals surface area (Å²) < 4.78 is 3.04. The number of nitrogens with one attached hydrogen (secondary N) is 1. The van der Waals surface area contributed by atoms with Gasteiger partial charge in [0.25, 0.3) is 0 Å². The number of para-hydroxylation sites is 2. The Labute approximate surface area is 155 Å². The van der Waals surface area contributed by atoms with Crippen LogP contribution in [-0.4, -0.2) is 43.2 Å². The van der Waals surface area contributed by atoms with Crippen molar-refractivity contribution in [3.05, 3.63) is 62.9 Å². The highest BCUT2D eigenvalue weighted by molar-refractivity contribution is 5.80. The Kier molecular flexibility index (Phi) is 4.39. The monoisotopic (exact) mass is 367 g/mol. The fourth-order valence-corrected chi connectivity index (χ4v) is 3.75. The lowest BCUT2D eigenvalue weighted by molar-refractivity contribution is -0.130. The highest BCUT2D eigenvalue weighted by atomic mass is 16.2. The van der Waals surface area contributed by atoms with Gasteiger partial charge in [0.15, 0.2) is 0 Å². The van der Waals surface area contributed by atoms with E-state index in [1.54, 1.807) is 33.8 Å². The van der Waals surface area contributed by atoms with Crippen LogP contribution in [0.2, 0.25) is 0 Å². The van der Waals surface area contributed by atoms with E-state index in [-0.39, 0.29) is 12.5 Å². The van der Waals surface area contributed by atoms with E-state index in [2.05, 4.69) is 10.1 Å². The molecule has 1 aromatic carbocycles. The van der Waals surface area contributed by atoms with E-state index in [1.165, 1.54) is 4.57 Å². The maximum atomic E-state index is 12.8. The number of benzene rings is 1. The van der Waals surface area contributed by atoms with Crippen molar-refractivity contribution in [2.45, 2.75) is 19.4 Å². The standard InChI is InChI=1S/C19H21N5O3/c1-22-10-14(9-20-22)8-13-6-7-23(11-13)17(25)12-24-16-5-3-2-4-15(16)21-18(26)19(24)27/h2-5,9-10,13H,6-8,11-12H2,1H3,(H,21,26). The molecule has 0 radical (unpaired) electrons. The van der Waals surface area contributed by atoms with E-state index in [9.17, 15) is 14.4 Å². The topological polar surface area (TPSA) is 93.0 Å². The van der Waals surface area contributed by atoms with E-state index < -0.39 is 11.1 Å². The minimum Gasteiger partial charge on any atom is -0.341 e. The molecule has 140 valence electrons. The number of aromatic amines is 1. The molecule has 27 heavy (non-hydrogen) atoms. The average molecular weight is 367 g/mol. The molecule has 3 heterocycles. The predicted molar refractivity (Wildman–Crippen MR) is 100 cm³/mol. The van der Waals surface area contributed by atoms with Crippen LogP contribution in [-0.2, 0) is 24.8 Å². The lowest BCUT2D eigenvalue weighted by atomic mass is 10.0. The number of carbonyl (C=O) groups is 1. The third-order valence-electron chi connectivity index (χ3n) is 5.10. The smallest absolute Gasteiger partial charge is 0.317 e. The van der Waals surface area contributed by atoms with Gasteiger partial charge in [0.05, 0.1) is 17.2 Å².